The largest absolute Gasteiger partial charge is 0.454 e. The number of hydrogen-bond donors (Lipinski definition) is 1. The Kier molecular flexibility index (Phi) is 3.57. The summed E-state index contributed by atoms with van der Waals surface area (Å²) in [6.45, 7) is 8.77. The maximum absolute atomic E-state index is 6.38. The summed E-state index contributed by atoms with van der Waals surface area (Å²) in [4.78, 5) is 0. The molecule has 1 heterocycles. The molecule has 1 N–H and O–H groups in total. The number of nitrogens with one attached hydrogen (secondary N) is 1. The van der Waals surface area contributed by atoms with E-state index in [4.69, 9.17) is 4.42 Å². The first-order valence-corrected chi connectivity index (χ1v) is 8.72. The molecule has 4 rings (SSSR count). The fourth-order valence-corrected chi connectivity index (χ4v) is 3.39. The van der Waals surface area contributed by atoms with E-state index in [1.54, 1.807) is 0 Å². The molecule has 126 valence electrons. The third kappa shape index (κ3) is 2.78. The van der Waals surface area contributed by atoms with Crippen molar-refractivity contribution < 1.29 is 4.42 Å². The van der Waals surface area contributed by atoms with Crippen LogP contribution in [-0.4, -0.2) is 0 Å². The van der Waals surface area contributed by atoms with Crippen LogP contribution in [0.4, 0.5) is 11.4 Å². The smallest absolute Gasteiger partial charge is 0.158 e. The van der Waals surface area contributed by atoms with Crippen LogP contribution >= 0.6 is 0 Å². The number of benzene rings is 3. The summed E-state index contributed by atoms with van der Waals surface area (Å²) in [6.07, 6.45) is 0. The maximum Gasteiger partial charge on any atom is 0.158 e. The molecule has 4 aromatic rings. The molecule has 2 nitrogen and oxygen atoms in total. The summed E-state index contributed by atoms with van der Waals surface area (Å²) in [6, 6.07) is 21.1. The first kappa shape index (κ1) is 15.8. The molecule has 0 atom stereocenters. The molecule has 25 heavy (non-hydrogen) atoms. The van der Waals surface area contributed by atoms with Gasteiger partial charge in [-0.3, -0.25) is 0 Å². The minimum absolute atomic E-state index is 0.0392. The van der Waals surface area contributed by atoms with Gasteiger partial charge in [-0.1, -0.05) is 63.2 Å². The summed E-state index contributed by atoms with van der Waals surface area (Å²) in [5.74, 6) is 0. The number of aryl methyl sites for hydroxylation is 1. The van der Waals surface area contributed by atoms with Gasteiger partial charge in [-0.2, -0.15) is 0 Å². The van der Waals surface area contributed by atoms with Crippen molar-refractivity contribution in [1.29, 1.82) is 0 Å². The Morgan fingerprint density at radius 1 is 0.800 bits per heavy atom. The van der Waals surface area contributed by atoms with Crippen LogP contribution in [0.2, 0.25) is 0 Å². The highest BCUT2D eigenvalue weighted by atomic mass is 16.3. The molecule has 0 radical (unpaired) electrons. The Labute approximate surface area is 148 Å². The van der Waals surface area contributed by atoms with E-state index >= 15 is 0 Å². The van der Waals surface area contributed by atoms with Crippen molar-refractivity contribution in [2.75, 3.05) is 5.32 Å². The predicted molar refractivity (Wildman–Crippen MR) is 107 cm³/mol. The van der Waals surface area contributed by atoms with Gasteiger partial charge >= 0.3 is 0 Å². The van der Waals surface area contributed by atoms with E-state index in [0.29, 0.717) is 0 Å². The molecule has 2 heteroatoms. The standard InChI is InChI=1S/C23H23NO/c1-15-8-5-9-16(14-15)24-20-13-7-11-18-17-10-6-12-19(23(2,3)4)21(17)25-22(18)20/h5-14,24H,1-4H3. The van der Waals surface area contributed by atoms with Crippen molar-refractivity contribution in [2.24, 2.45) is 0 Å². The van der Waals surface area contributed by atoms with Crippen molar-refractivity contribution in [2.45, 2.75) is 33.1 Å². The molecule has 1 aromatic heterocycles. The molecule has 0 aliphatic rings. The molecule has 0 saturated carbocycles. The van der Waals surface area contributed by atoms with Gasteiger partial charge < -0.3 is 9.73 Å². The Balaban J connectivity index is 1.92. The zero-order valence-corrected chi connectivity index (χ0v) is 15.2. The third-order valence-corrected chi connectivity index (χ3v) is 4.63. The van der Waals surface area contributed by atoms with Crippen molar-refractivity contribution in [1.82, 2.24) is 0 Å². The van der Waals surface area contributed by atoms with Crippen LogP contribution in [0.5, 0.6) is 0 Å². The van der Waals surface area contributed by atoms with Gasteiger partial charge in [0, 0.05) is 22.0 Å². The zero-order valence-electron chi connectivity index (χ0n) is 15.2. The first-order chi connectivity index (χ1) is 11.9. The van der Waals surface area contributed by atoms with E-state index in [9.17, 15) is 0 Å². The SMILES string of the molecule is Cc1cccc(Nc2cccc3c2oc2c(C(C)(C)C)cccc23)c1. The molecule has 0 amide bonds. The van der Waals surface area contributed by atoms with E-state index in [1.807, 2.05) is 0 Å². The normalized spacial score (nSPS) is 12.0. The topological polar surface area (TPSA) is 25.2 Å². The van der Waals surface area contributed by atoms with Crippen LogP contribution in [0.1, 0.15) is 31.9 Å². The van der Waals surface area contributed by atoms with E-state index in [2.05, 4.69) is 93.7 Å². The number of rotatable bonds is 2. The van der Waals surface area contributed by atoms with Crippen LogP contribution in [-0.2, 0) is 5.41 Å². The second-order valence-corrected chi connectivity index (χ2v) is 7.71. The lowest BCUT2D eigenvalue weighted by atomic mass is 9.86. The van der Waals surface area contributed by atoms with Crippen LogP contribution < -0.4 is 5.32 Å². The molecule has 0 aliphatic carbocycles. The molecule has 0 aliphatic heterocycles. The minimum Gasteiger partial charge on any atom is -0.454 e. The number of furan rings is 1. The number of para-hydroxylation sites is 2. The lowest BCUT2D eigenvalue weighted by molar-refractivity contribution is 0.573. The second kappa shape index (κ2) is 5.66. The first-order valence-electron chi connectivity index (χ1n) is 8.72. The van der Waals surface area contributed by atoms with Crippen molar-refractivity contribution in [3.8, 4) is 0 Å². The third-order valence-electron chi connectivity index (χ3n) is 4.63. The van der Waals surface area contributed by atoms with Crippen LogP contribution in [0, 0.1) is 6.92 Å². The summed E-state index contributed by atoms with van der Waals surface area (Å²) < 4.78 is 6.38. The monoisotopic (exact) mass is 329 g/mol. The van der Waals surface area contributed by atoms with Crippen molar-refractivity contribution >= 4 is 33.3 Å². The van der Waals surface area contributed by atoms with Crippen LogP contribution in [0.3, 0.4) is 0 Å². The lowest BCUT2D eigenvalue weighted by Gasteiger charge is -2.18. The lowest BCUT2D eigenvalue weighted by Crippen LogP contribution is -2.10. The Morgan fingerprint density at radius 2 is 1.48 bits per heavy atom. The van der Waals surface area contributed by atoms with Crippen molar-refractivity contribution in [3.05, 3.63) is 71.8 Å². The molecule has 0 fully saturated rings. The van der Waals surface area contributed by atoms with Gasteiger partial charge in [0.15, 0.2) is 5.58 Å². The fraction of sp³-hybridized carbons (Fsp3) is 0.217. The number of fused-ring (bicyclic) bond motifs is 3. The zero-order chi connectivity index (χ0) is 17.6. The summed E-state index contributed by atoms with van der Waals surface area (Å²) in [5.41, 5.74) is 6.49. The summed E-state index contributed by atoms with van der Waals surface area (Å²) in [5, 5.41) is 5.84. The Morgan fingerprint density at radius 3 is 2.20 bits per heavy atom. The highest BCUT2D eigenvalue weighted by molar-refractivity contribution is 6.10. The van der Waals surface area contributed by atoms with E-state index in [0.717, 1.165) is 27.9 Å². The van der Waals surface area contributed by atoms with E-state index < -0.39 is 0 Å². The highest BCUT2D eigenvalue weighted by Crippen LogP contribution is 2.39. The molecule has 0 saturated heterocycles. The average molecular weight is 329 g/mol. The fourth-order valence-electron chi connectivity index (χ4n) is 3.39. The highest BCUT2D eigenvalue weighted by Gasteiger charge is 2.21. The molecule has 3 aromatic carbocycles. The van der Waals surface area contributed by atoms with Gasteiger partial charge in [0.25, 0.3) is 0 Å². The number of hydrogen-bond acceptors (Lipinski definition) is 2. The Hall–Kier alpha value is -2.74. The molecular formula is C23H23NO. The van der Waals surface area contributed by atoms with Gasteiger partial charge in [-0.25, -0.2) is 0 Å². The quantitative estimate of drug-likeness (QED) is 0.431. The average Bonchev–Trinajstić information content (AvgIpc) is 2.94. The van der Waals surface area contributed by atoms with Crippen LogP contribution in [0.15, 0.2) is 65.1 Å². The van der Waals surface area contributed by atoms with Crippen LogP contribution in [0.25, 0.3) is 21.9 Å². The van der Waals surface area contributed by atoms with Gasteiger partial charge in [0.1, 0.15) is 5.58 Å². The van der Waals surface area contributed by atoms with Crippen molar-refractivity contribution in [3.63, 3.8) is 0 Å². The summed E-state index contributed by atoms with van der Waals surface area (Å²) in [7, 11) is 0. The maximum atomic E-state index is 6.38. The molecule has 0 bridgehead atoms. The second-order valence-electron chi connectivity index (χ2n) is 7.71. The van der Waals surface area contributed by atoms with Gasteiger partial charge in [-0.15, -0.1) is 0 Å². The van der Waals surface area contributed by atoms with Gasteiger partial charge in [0.05, 0.1) is 5.69 Å². The van der Waals surface area contributed by atoms with E-state index in [1.165, 1.54) is 16.5 Å². The van der Waals surface area contributed by atoms with E-state index in [-0.39, 0.29) is 5.41 Å². The molecule has 0 unspecified atom stereocenters. The Bertz CT molecular complexity index is 1070. The number of anilines is 2. The van der Waals surface area contributed by atoms with Gasteiger partial charge in [-0.05, 0) is 36.1 Å². The summed E-state index contributed by atoms with van der Waals surface area (Å²) >= 11 is 0. The predicted octanol–water partition coefficient (Wildman–Crippen LogP) is 6.94. The molecular weight excluding hydrogens is 306 g/mol. The van der Waals surface area contributed by atoms with Gasteiger partial charge in [0.2, 0.25) is 0 Å². The minimum atomic E-state index is 0.0392. The molecule has 0 spiro atoms.